The fourth-order valence-electron chi connectivity index (χ4n) is 3.25. The van der Waals surface area contributed by atoms with Crippen molar-refractivity contribution >= 4 is 11.8 Å². The third-order valence-electron chi connectivity index (χ3n) is 4.78. The van der Waals surface area contributed by atoms with Gasteiger partial charge in [0, 0.05) is 30.8 Å². The summed E-state index contributed by atoms with van der Waals surface area (Å²) < 4.78 is 16.3. The Kier molecular flexibility index (Phi) is 7.86. The number of carbonyl (C=O) groups excluding carboxylic acids is 2. The molecule has 1 fully saturated rings. The smallest absolute Gasteiger partial charge is 0.269 e. The van der Waals surface area contributed by atoms with Crippen LogP contribution < -0.4 is 20.3 Å². The second-order valence-corrected chi connectivity index (χ2v) is 7.53. The average Bonchev–Trinajstić information content (AvgIpc) is 2.78. The highest BCUT2D eigenvalue weighted by molar-refractivity contribution is 5.99. The van der Waals surface area contributed by atoms with Crippen LogP contribution in [0, 0.1) is 0 Å². The van der Waals surface area contributed by atoms with Crippen LogP contribution >= 0.6 is 0 Å². The van der Waals surface area contributed by atoms with Gasteiger partial charge in [-0.15, -0.1) is 0 Å². The van der Waals surface area contributed by atoms with Crippen molar-refractivity contribution in [3.63, 3.8) is 0 Å². The molecule has 0 radical (unpaired) electrons. The molecule has 2 amide bonds. The summed E-state index contributed by atoms with van der Waals surface area (Å²) in [5.41, 5.74) is 6.77. The van der Waals surface area contributed by atoms with Crippen LogP contribution in [0.15, 0.2) is 42.5 Å². The van der Waals surface area contributed by atoms with Crippen molar-refractivity contribution in [3.05, 3.63) is 59.2 Å². The van der Waals surface area contributed by atoms with Crippen LogP contribution in [0.2, 0.25) is 0 Å². The fourth-order valence-corrected chi connectivity index (χ4v) is 3.25. The van der Waals surface area contributed by atoms with Crippen molar-refractivity contribution in [2.24, 2.45) is 0 Å². The molecule has 3 rings (SSSR count). The molecule has 2 aromatic carbocycles. The Hall–Kier alpha value is -3.10. The van der Waals surface area contributed by atoms with Crippen LogP contribution in [-0.4, -0.2) is 56.2 Å². The maximum Gasteiger partial charge on any atom is 0.269 e. The number of ether oxygens (including phenoxy) is 3. The van der Waals surface area contributed by atoms with E-state index in [1.165, 1.54) is 7.11 Å². The zero-order valence-corrected chi connectivity index (χ0v) is 18.1. The van der Waals surface area contributed by atoms with Gasteiger partial charge in [0.25, 0.3) is 11.8 Å². The van der Waals surface area contributed by atoms with Gasteiger partial charge in [-0.2, -0.15) is 0 Å². The van der Waals surface area contributed by atoms with Crippen molar-refractivity contribution in [2.75, 3.05) is 33.4 Å². The maximum absolute atomic E-state index is 12.5. The molecule has 31 heavy (non-hydrogen) atoms. The first-order valence-electron chi connectivity index (χ1n) is 10.3. The van der Waals surface area contributed by atoms with E-state index >= 15 is 0 Å². The highest BCUT2D eigenvalue weighted by Gasteiger charge is 2.15. The summed E-state index contributed by atoms with van der Waals surface area (Å²) >= 11 is 0. The number of rotatable bonds is 7. The lowest BCUT2D eigenvalue weighted by atomic mass is 10.1. The highest BCUT2D eigenvalue weighted by atomic mass is 16.5. The Labute approximate surface area is 182 Å². The highest BCUT2D eigenvalue weighted by Crippen LogP contribution is 2.28. The third kappa shape index (κ3) is 6.44. The number of morpholine rings is 1. The van der Waals surface area contributed by atoms with Crippen LogP contribution in [-0.2, 0) is 11.3 Å². The van der Waals surface area contributed by atoms with E-state index < -0.39 is 5.91 Å². The molecule has 166 valence electrons. The summed E-state index contributed by atoms with van der Waals surface area (Å²) in [7, 11) is 1.51. The van der Waals surface area contributed by atoms with E-state index in [0.29, 0.717) is 22.6 Å². The quantitative estimate of drug-likeness (QED) is 0.660. The lowest BCUT2D eigenvalue weighted by Crippen LogP contribution is -2.41. The first kappa shape index (κ1) is 22.6. The first-order valence-corrected chi connectivity index (χ1v) is 10.3. The Balaban J connectivity index is 1.58. The van der Waals surface area contributed by atoms with Crippen LogP contribution in [0.25, 0.3) is 0 Å². The molecule has 0 atom stereocenters. The minimum absolute atomic E-state index is 0.0214. The molecule has 0 spiro atoms. The molecule has 0 saturated carbocycles. The summed E-state index contributed by atoms with van der Waals surface area (Å²) in [6.07, 6.45) is -0.0214. The van der Waals surface area contributed by atoms with Crippen LogP contribution in [0.5, 0.6) is 11.5 Å². The standard InChI is InChI=1S/C23H29N3O5/c1-16(2)31-20-8-7-19(14-21(20)29-3)23(28)25-24-22(27)18-6-4-5-17(13-18)15-26-9-11-30-12-10-26/h4-8,13-14,16H,9-12,15H2,1-3H3,(H,24,27)(H,25,28). The molecule has 2 N–H and O–H groups in total. The van der Waals surface area contributed by atoms with Gasteiger partial charge in [-0.25, -0.2) is 0 Å². The van der Waals surface area contributed by atoms with E-state index in [1.807, 2.05) is 32.0 Å². The molecule has 0 bridgehead atoms. The van der Waals surface area contributed by atoms with Crippen LogP contribution in [0.3, 0.4) is 0 Å². The van der Waals surface area contributed by atoms with Crippen LogP contribution in [0.1, 0.15) is 40.1 Å². The molecule has 1 aliphatic rings. The lowest BCUT2D eigenvalue weighted by Gasteiger charge is -2.26. The van der Waals surface area contributed by atoms with Gasteiger partial charge in [0.2, 0.25) is 0 Å². The third-order valence-corrected chi connectivity index (χ3v) is 4.78. The fraction of sp³-hybridized carbons (Fsp3) is 0.391. The number of methoxy groups -OCH3 is 1. The Morgan fingerprint density at radius 1 is 1.00 bits per heavy atom. The van der Waals surface area contributed by atoms with Gasteiger partial charge in [0.15, 0.2) is 11.5 Å². The van der Waals surface area contributed by atoms with Gasteiger partial charge in [0.05, 0.1) is 26.4 Å². The molecule has 8 nitrogen and oxygen atoms in total. The normalized spacial score (nSPS) is 14.2. The second kappa shape index (κ2) is 10.8. The summed E-state index contributed by atoms with van der Waals surface area (Å²) in [6.45, 7) is 7.76. The molecule has 1 aliphatic heterocycles. The van der Waals surface area contributed by atoms with Gasteiger partial charge in [-0.1, -0.05) is 12.1 Å². The van der Waals surface area contributed by atoms with Crippen molar-refractivity contribution in [2.45, 2.75) is 26.5 Å². The molecule has 8 heteroatoms. The predicted octanol–water partition coefficient (Wildman–Crippen LogP) is 2.39. The van der Waals surface area contributed by atoms with E-state index in [0.717, 1.165) is 38.4 Å². The number of nitrogens with one attached hydrogen (secondary N) is 2. The number of hydrogen-bond donors (Lipinski definition) is 2. The van der Waals surface area contributed by atoms with E-state index in [9.17, 15) is 9.59 Å². The SMILES string of the molecule is COc1cc(C(=O)NNC(=O)c2cccc(CN3CCOCC3)c2)ccc1OC(C)C. The van der Waals surface area contributed by atoms with Gasteiger partial charge >= 0.3 is 0 Å². The molecule has 0 unspecified atom stereocenters. The van der Waals surface area contributed by atoms with Gasteiger partial charge in [-0.3, -0.25) is 25.3 Å². The summed E-state index contributed by atoms with van der Waals surface area (Å²) in [5, 5.41) is 0. The minimum atomic E-state index is -0.452. The maximum atomic E-state index is 12.5. The predicted molar refractivity (Wildman–Crippen MR) is 116 cm³/mol. The molecule has 2 aromatic rings. The summed E-state index contributed by atoms with van der Waals surface area (Å²) in [4.78, 5) is 27.3. The zero-order valence-electron chi connectivity index (χ0n) is 18.1. The Bertz CT molecular complexity index is 910. The van der Waals surface area contributed by atoms with Gasteiger partial charge < -0.3 is 14.2 Å². The zero-order chi connectivity index (χ0) is 22.2. The summed E-state index contributed by atoms with van der Waals surface area (Å²) in [6, 6.07) is 12.2. The topological polar surface area (TPSA) is 89.1 Å². The van der Waals surface area contributed by atoms with Crippen LogP contribution in [0.4, 0.5) is 0 Å². The Morgan fingerprint density at radius 2 is 1.68 bits per heavy atom. The summed E-state index contributed by atoms with van der Waals surface area (Å²) in [5.74, 6) is 0.162. The van der Waals surface area contributed by atoms with Crippen molar-refractivity contribution < 1.29 is 23.8 Å². The van der Waals surface area contributed by atoms with Gasteiger partial charge in [-0.05, 0) is 49.7 Å². The number of hydrazine groups is 1. The molecule has 0 aromatic heterocycles. The minimum Gasteiger partial charge on any atom is -0.493 e. The molecule has 0 aliphatic carbocycles. The first-order chi connectivity index (χ1) is 15.0. The van der Waals surface area contributed by atoms with E-state index in [1.54, 1.807) is 24.3 Å². The average molecular weight is 428 g/mol. The molecule has 1 heterocycles. The van der Waals surface area contributed by atoms with E-state index in [2.05, 4.69) is 15.8 Å². The second-order valence-electron chi connectivity index (χ2n) is 7.53. The van der Waals surface area contributed by atoms with Crippen molar-refractivity contribution in [1.29, 1.82) is 0 Å². The monoisotopic (exact) mass is 427 g/mol. The molecule has 1 saturated heterocycles. The molecular formula is C23H29N3O5. The van der Waals surface area contributed by atoms with E-state index in [-0.39, 0.29) is 12.0 Å². The van der Waals surface area contributed by atoms with E-state index in [4.69, 9.17) is 14.2 Å². The van der Waals surface area contributed by atoms with Gasteiger partial charge in [0.1, 0.15) is 0 Å². The number of hydrogen-bond acceptors (Lipinski definition) is 6. The number of amides is 2. The Morgan fingerprint density at radius 3 is 2.32 bits per heavy atom. The largest absolute Gasteiger partial charge is 0.493 e. The number of carbonyl (C=O) groups is 2. The van der Waals surface area contributed by atoms with Crippen molar-refractivity contribution in [3.8, 4) is 11.5 Å². The lowest BCUT2D eigenvalue weighted by molar-refractivity contribution is 0.0342. The number of nitrogens with zero attached hydrogens (tertiary/aromatic N) is 1. The number of benzene rings is 2. The van der Waals surface area contributed by atoms with Crippen molar-refractivity contribution in [1.82, 2.24) is 15.8 Å². The molecular weight excluding hydrogens is 398 g/mol.